The van der Waals surface area contributed by atoms with Crippen molar-refractivity contribution >= 4 is 5.91 Å². The number of hydrogen-bond donors (Lipinski definition) is 1. The van der Waals surface area contributed by atoms with Crippen LogP contribution < -0.4 is 5.32 Å². The van der Waals surface area contributed by atoms with Crippen LogP contribution in [0.4, 0.5) is 0 Å². The van der Waals surface area contributed by atoms with Crippen molar-refractivity contribution in [3.05, 3.63) is 77.0 Å². The summed E-state index contributed by atoms with van der Waals surface area (Å²) < 4.78 is 2.24. The van der Waals surface area contributed by atoms with Crippen LogP contribution in [0.25, 0.3) is 16.9 Å². The molecule has 0 spiro atoms. The van der Waals surface area contributed by atoms with E-state index < -0.39 is 0 Å². The Morgan fingerprint density at radius 2 is 1.81 bits per heavy atom. The molecule has 0 saturated carbocycles. The summed E-state index contributed by atoms with van der Waals surface area (Å²) in [6.07, 6.45) is 1.49. The second kappa shape index (κ2) is 10.8. The van der Waals surface area contributed by atoms with Gasteiger partial charge in [0.15, 0.2) is 0 Å². The summed E-state index contributed by atoms with van der Waals surface area (Å²) in [5.74, 6) is 0.0667. The van der Waals surface area contributed by atoms with Crippen LogP contribution in [0.5, 0.6) is 0 Å². The number of carbonyl (C=O) groups excluding carboxylic acids is 1. The van der Waals surface area contributed by atoms with Crippen LogP contribution in [-0.2, 0) is 17.6 Å². The normalized spacial score (nSPS) is 10.9. The number of carbonyl (C=O) groups is 1. The van der Waals surface area contributed by atoms with Crippen LogP contribution in [0.3, 0.4) is 0 Å². The summed E-state index contributed by atoms with van der Waals surface area (Å²) in [5, 5.41) is 12.0. The quantitative estimate of drug-likeness (QED) is 0.548. The molecule has 0 fully saturated rings. The van der Waals surface area contributed by atoms with E-state index in [1.54, 1.807) is 0 Å². The fourth-order valence-corrected chi connectivity index (χ4v) is 3.89. The number of benzene rings is 2. The van der Waals surface area contributed by atoms with E-state index in [4.69, 9.17) is 5.26 Å². The highest BCUT2D eigenvalue weighted by Gasteiger charge is 2.15. The highest BCUT2D eigenvalue weighted by atomic mass is 16.1. The molecular weight excluding hydrogens is 396 g/mol. The monoisotopic (exact) mass is 428 g/mol. The number of aromatic nitrogens is 1. The molecule has 1 heterocycles. The fourth-order valence-electron chi connectivity index (χ4n) is 3.89. The van der Waals surface area contributed by atoms with Gasteiger partial charge in [0.2, 0.25) is 5.91 Å². The molecule has 5 heteroatoms. The van der Waals surface area contributed by atoms with Gasteiger partial charge in [-0.1, -0.05) is 35.9 Å². The Kier molecular flexibility index (Phi) is 7.86. The van der Waals surface area contributed by atoms with Crippen molar-refractivity contribution in [3.8, 4) is 23.0 Å². The van der Waals surface area contributed by atoms with Gasteiger partial charge < -0.3 is 14.8 Å². The van der Waals surface area contributed by atoms with Crippen molar-refractivity contribution in [1.82, 2.24) is 14.8 Å². The third kappa shape index (κ3) is 5.87. The lowest BCUT2D eigenvalue weighted by molar-refractivity contribution is -0.121. The molecule has 0 aliphatic rings. The number of hydrogen-bond acceptors (Lipinski definition) is 3. The highest BCUT2D eigenvalue weighted by molar-refractivity contribution is 5.76. The summed E-state index contributed by atoms with van der Waals surface area (Å²) in [7, 11) is 3.99. The molecular formula is C27H32N4O. The van der Waals surface area contributed by atoms with Gasteiger partial charge in [-0.25, -0.2) is 0 Å². The van der Waals surface area contributed by atoms with Crippen molar-refractivity contribution < 1.29 is 4.79 Å². The first-order chi connectivity index (χ1) is 15.4. The lowest BCUT2D eigenvalue weighted by Gasteiger charge is -2.16. The first kappa shape index (κ1) is 23.3. The van der Waals surface area contributed by atoms with Crippen molar-refractivity contribution in [2.45, 2.75) is 33.1 Å². The zero-order chi connectivity index (χ0) is 23.1. The SMILES string of the molecule is Cc1ccc(-c2ccc(CCC(=O)NCCN(C)C)n2-c2ccc(CC#N)cc2)c(C)c1. The van der Waals surface area contributed by atoms with E-state index >= 15 is 0 Å². The number of likely N-dealkylation sites (N-methyl/N-ethyl adjacent to an activating group) is 1. The minimum Gasteiger partial charge on any atom is -0.355 e. The molecule has 0 aliphatic heterocycles. The van der Waals surface area contributed by atoms with E-state index in [0.717, 1.165) is 29.2 Å². The number of nitrogens with one attached hydrogen (secondary N) is 1. The van der Waals surface area contributed by atoms with E-state index in [1.165, 1.54) is 16.7 Å². The molecule has 0 bridgehead atoms. The molecule has 0 aliphatic carbocycles. The first-order valence-corrected chi connectivity index (χ1v) is 11.0. The van der Waals surface area contributed by atoms with Gasteiger partial charge in [0.05, 0.1) is 18.2 Å². The second-order valence-corrected chi connectivity index (χ2v) is 8.52. The Hall–Kier alpha value is -3.36. The summed E-state index contributed by atoms with van der Waals surface area (Å²) in [6, 6.07) is 21.1. The van der Waals surface area contributed by atoms with Gasteiger partial charge in [0, 0.05) is 36.5 Å². The molecule has 3 aromatic rings. The summed E-state index contributed by atoms with van der Waals surface area (Å²) >= 11 is 0. The van der Waals surface area contributed by atoms with Gasteiger partial charge in [0.25, 0.3) is 0 Å². The fraction of sp³-hybridized carbons (Fsp3) is 0.333. The van der Waals surface area contributed by atoms with E-state index in [-0.39, 0.29) is 5.91 Å². The Morgan fingerprint density at radius 3 is 2.47 bits per heavy atom. The van der Waals surface area contributed by atoms with Crippen molar-refractivity contribution in [2.24, 2.45) is 0 Å². The third-order valence-electron chi connectivity index (χ3n) is 5.59. The Morgan fingerprint density at radius 1 is 1.06 bits per heavy atom. The molecule has 0 atom stereocenters. The summed E-state index contributed by atoms with van der Waals surface area (Å²) in [5.41, 5.74) is 7.87. The van der Waals surface area contributed by atoms with E-state index in [1.807, 2.05) is 26.2 Å². The average Bonchev–Trinajstić information content (AvgIpc) is 3.16. The van der Waals surface area contributed by atoms with Crippen LogP contribution in [0.15, 0.2) is 54.6 Å². The predicted molar refractivity (Wildman–Crippen MR) is 130 cm³/mol. The lowest BCUT2D eigenvalue weighted by atomic mass is 10.0. The Bertz CT molecular complexity index is 1100. The van der Waals surface area contributed by atoms with Crippen molar-refractivity contribution in [2.75, 3.05) is 27.2 Å². The van der Waals surface area contributed by atoms with E-state index in [2.05, 4.69) is 77.2 Å². The predicted octanol–water partition coefficient (Wildman–Crippen LogP) is 4.44. The van der Waals surface area contributed by atoms with Crippen LogP contribution in [0.1, 0.15) is 28.8 Å². The minimum absolute atomic E-state index is 0.0667. The first-order valence-electron chi connectivity index (χ1n) is 11.0. The van der Waals surface area contributed by atoms with Gasteiger partial charge in [0.1, 0.15) is 0 Å². The maximum Gasteiger partial charge on any atom is 0.220 e. The molecule has 5 nitrogen and oxygen atoms in total. The van der Waals surface area contributed by atoms with Crippen LogP contribution >= 0.6 is 0 Å². The minimum atomic E-state index is 0.0667. The topological polar surface area (TPSA) is 61.1 Å². The van der Waals surface area contributed by atoms with Gasteiger partial charge in [-0.3, -0.25) is 4.79 Å². The number of nitrogens with zero attached hydrogens (tertiary/aromatic N) is 3. The number of nitriles is 1. The summed E-state index contributed by atoms with van der Waals surface area (Å²) in [4.78, 5) is 14.4. The van der Waals surface area contributed by atoms with Gasteiger partial charge in [-0.15, -0.1) is 0 Å². The summed E-state index contributed by atoms with van der Waals surface area (Å²) in [6.45, 7) is 5.71. The van der Waals surface area contributed by atoms with E-state index in [0.29, 0.717) is 25.8 Å². The van der Waals surface area contributed by atoms with Gasteiger partial charge >= 0.3 is 0 Å². The molecule has 1 amide bonds. The smallest absolute Gasteiger partial charge is 0.220 e. The molecule has 166 valence electrons. The van der Waals surface area contributed by atoms with Crippen molar-refractivity contribution in [1.29, 1.82) is 5.26 Å². The maximum absolute atomic E-state index is 12.4. The van der Waals surface area contributed by atoms with Gasteiger partial charge in [-0.05, 0) is 69.8 Å². The third-order valence-corrected chi connectivity index (χ3v) is 5.59. The maximum atomic E-state index is 12.4. The molecule has 0 saturated heterocycles. The zero-order valence-corrected chi connectivity index (χ0v) is 19.5. The zero-order valence-electron chi connectivity index (χ0n) is 19.5. The lowest BCUT2D eigenvalue weighted by Crippen LogP contribution is -2.31. The van der Waals surface area contributed by atoms with Crippen LogP contribution in [0.2, 0.25) is 0 Å². The van der Waals surface area contributed by atoms with Gasteiger partial charge in [-0.2, -0.15) is 5.26 Å². The molecule has 3 rings (SSSR count). The molecule has 32 heavy (non-hydrogen) atoms. The Labute approximate surface area is 191 Å². The molecule has 0 unspecified atom stereocenters. The molecule has 1 N–H and O–H groups in total. The molecule has 1 aromatic heterocycles. The van der Waals surface area contributed by atoms with E-state index in [9.17, 15) is 4.79 Å². The van der Waals surface area contributed by atoms with Crippen LogP contribution in [0, 0.1) is 25.2 Å². The largest absolute Gasteiger partial charge is 0.355 e. The number of rotatable bonds is 9. The van der Waals surface area contributed by atoms with Crippen molar-refractivity contribution in [3.63, 3.8) is 0 Å². The second-order valence-electron chi connectivity index (χ2n) is 8.52. The molecule has 2 aromatic carbocycles. The standard InChI is InChI=1S/C27H32N4O/c1-20-5-12-25(21(2)19-20)26-13-10-24(11-14-27(32)29-17-18-30(3)4)31(26)23-8-6-22(7-9-23)15-16-28/h5-10,12-13,19H,11,14-15,17-18H2,1-4H3,(H,29,32). The number of aryl methyl sites for hydroxylation is 3. The highest BCUT2D eigenvalue weighted by Crippen LogP contribution is 2.30. The Balaban J connectivity index is 1.91. The van der Waals surface area contributed by atoms with Crippen LogP contribution in [-0.4, -0.2) is 42.6 Å². The molecule has 0 radical (unpaired) electrons. The average molecular weight is 429 g/mol. The number of amides is 1.